The highest BCUT2D eigenvalue weighted by atomic mass is 16.6. The van der Waals surface area contributed by atoms with Crippen LogP contribution in [-0.2, 0) is 14.3 Å². The van der Waals surface area contributed by atoms with Gasteiger partial charge in [-0.15, -0.1) is 0 Å². The van der Waals surface area contributed by atoms with Crippen molar-refractivity contribution in [2.45, 2.75) is 50.8 Å². The van der Waals surface area contributed by atoms with Crippen molar-refractivity contribution in [2.24, 2.45) is 11.7 Å². The van der Waals surface area contributed by atoms with Gasteiger partial charge in [-0.2, -0.15) is 9.78 Å². The van der Waals surface area contributed by atoms with Crippen molar-refractivity contribution >= 4 is 5.97 Å². The van der Waals surface area contributed by atoms with E-state index in [1.165, 1.54) is 0 Å². The van der Waals surface area contributed by atoms with Crippen LogP contribution < -0.4 is 17.0 Å². The summed E-state index contributed by atoms with van der Waals surface area (Å²) in [5.74, 6) is -0.730. The van der Waals surface area contributed by atoms with Crippen LogP contribution in [0.1, 0.15) is 26.5 Å². The molecule has 25 heavy (non-hydrogen) atoms. The summed E-state index contributed by atoms with van der Waals surface area (Å²) in [6.45, 7) is 3.34. The van der Waals surface area contributed by atoms with E-state index in [1.807, 2.05) is 11.9 Å². The van der Waals surface area contributed by atoms with Gasteiger partial charge in [0.2, 0.25) is 0 Å². The van der Waals surface area contributed by atoms with Gasteiger partial charge in [0.1, 0.15) is 37.2 Å². The fourth-order valence-electron chi connectivity index (χ4n) is 2.36. The van der Waals surface area contributed by atoms with E-state index in [1.54, 1.807) is 6.92 Å². The minimum atomic E-state index is -1.50. The smallest absolute Gasteiger partial charge is 0.347 e. The van der Waals surface area contributed by atoms with Crippen molar-refractivity contribution < 1.29 is 24.5 Å². The second-order valence-corrected chi connectivity index (χ2v) is 5.97. The molecule has 1 fully saturated rings. The van der Waals surface area contributed by atoms with Crippen molar-refractivity contribution in [3.05, 3.63) is 27.0 Å². The summed E-state index contributed by atoms with van der Waals surface area (Å²) in [6, 6.07) is -0.812. The van der Waals surface area contributed by atoms with Gasteiger partial charge in [0.05, 0.1) is 0 Å². The number of aromatic amines is 1. The van der Waals surface area contributed by atoms with Gasteiger partial charge >= 0.3 is 11.7 Å². The molecule has 0 radical (unpaired) electrons. The molecule has 2 heterocycles. The number of aliphatic hydroxyl groups is 2. The molecule has 1 aromatic rings. The van der Waals surface area contributed by atoms with Crippen LogP contribution in [0.4, 0.5) is 0 Å². The van der Waals surface area contributed by atoms with Crippen molar-refractivity contribution in [3.8, 4) is 0 Å². The lowest BCUT2D eigenvalue weighted by molar-refractivity contribution is -0.153. The van der Waals surface area contributed by atoms with Gasteiger partial charge in [-0.05, 0) is 5.92 Å². The summed E-state index contributed by atoms with van der Waals surface area (Å²) in [7, 11) is 0. The molecule has 0 bridgehead atoms. The number of ether oxygens (including phenoxy) is 2. The molecule has 140 valence electrons. The van der Waals surface area contributed by atoms with Crippen molar-refractivity contribution in [2.75, 3.05) is 6.61 Å². The Hall–Kier alpha value is -2.08. The van der Waals surface area contributed by atoms with Crippen LogP contribution >= 0.6 is 0 Å². The number of nitrogens with two attached hydrogens (primary N) is 1. The summed E-state index contributed by atoms with van der Waals surface area (Å²) in [5, 5.41) is 23.6. The van der Waals surface area contributed by atoms with Gasteiger partial charge in [0.25, 0.3) is 5.56 Å². The summed E-state index contributed by atoms with van der Waals surface area (Å²) >= 11 is 0. The van der Waals surface area contributed by atoms with Crippen molar-refractivity contribution in [1.82, 2.24) is 14.8 Å². The highest BCUT2D eigenvalue weighted by molar-refractivity contribution is 5.75. The highest BCUT2D eigenvalue weighted by Crippen LogP contribution is 2.28. The Bertz CT molecular complexity index is 718. The van der Waals surface area contributed by atoms with E-state index in [-0.39, 0.29) is 12.5 Å². The zero-order valence-electron chi connectivity index (χ0n) is 13.9. The molecule has 1 aliphatic rings. The average molecular weight is 358 g/mol. The Labute approximate surface area is 142 Å². The van der Waals surface area contributed by atoms with Crippen LogP contribution in [0.25, 0.3) is 0 Å². The molecule has 0 spiro atoms. The third kappa shape index (κ3) is 4.12. The third-order valence-electron chi connectivity index (χ3n) is 4.23. The molecule has 11 nitrogen and oxygen atoms in total. The number of nitrogens with one attached hydrogen (secondary N) is 1. The van der Waals surface area contributed by atoms with Gasteiger partial charge in [0.15, 0.2) is 6.23 Å². The molecule has 1 saturated heterocycles. The van der Waals surface area contributed by atoms with E-state index in [9.17, 15) is 24.6 Å². The molecule has 6 atom stereocenters. The van der Waals surface area contributed by atoms with Gasteiger partial charge < -0.3 is 25.4 Å². The maximum absolute atomic E-state index is 11.9. The molecular formula is C14H22N4O7. The fourth-order valence-corrected chi connectivity index (χ4v) is 2.36. The molecule has 0 aliphatic carbocycles. The molecule has 1 aliphatic heterocycles. The molecule has 1 aromatic heterocycles. The van der Waals surface area contributed by atoms with Crippen LogP contribution in [0.3, 0.4) is 0 Å². The number of H-pyrrole nitrogens is 1. The van der Waals surface area contributed by atoms with Gasteiger partial charge in [-0.1, -0.05) is 20.3 Å². The van der Waals surface area contributed by atoms with Gasteiger partial charge in [-0.3, -0.25) is 14.6 Å². The van der Waals surface area contributed by atoms with E-state index in [2.05, 4.69) is 5.10 Å². The van der Waals surface area contributed by atoms with Gasteiger partial charge in [-0.25, -0.2) is 4.79 Å². The minimum absolute atomic E-state index is 0.0795. The van der Waals surface area contributed by atoms with E-state index < -0.39 is 47.8 Å². The van der Waals surface area contributed by atoms with Crippen LogP contribution in [-0.4, -0.2) is 61.9 Å². The molecular weight excluding hydrogens is 336 g/mol. The number of hydrogen-bond acceptors (Lipinski definition) is 9. The van der Waals surface area contributed by atoms with E-state index >= 15 is 0 Å². The van der Waals surface area contributed by atoms with E-state index in [0.29, 0.717) is 11.1 Å². The topological polar surface area (TPSA) is 170 Å². The summed E-state index contributed by atoms with van der Waals surface area (Å²) in [5.41, 5.74) is 4.14. The Balaban J connectivity index is 2.03. The lowest BCUT2D eigenvalue weighted by atomic mass is 10.0. The first kappa shape index (κ1) is 19.2. The van der Waals surface area contributed by atoms with E-state index in [0.717, 1.165) is 6.20 Å². The Morgan fingerprint density at radius 3 is 2.76 bits per heavy atom. The number of esters is 1. The zero-order valence-corrected chi connectivity index (χ0v) is 13.9. The highest BCUT2D eigenvalue weighted by Gasteiger charge is 2.45. The number of aliphatic hydroxyl groups excluding tert-OH is 2. The van der Waals surface area contributed by atoms with Crippen molar-refractivity contribution in [1.29, 1.82) is 0 Å². The quantitative estimate of drug-likeness (QED) is 0.400. The predicted octanol–water partition coefficient (Wildman–Crippen LogP) is -2.53. The van der Waals surface area contributed by atoms with Crippen LogP contribution in [0.2, 0.25) is 0 Å². The van der Waals surface area contributed by atoms with Crippen LogP contribution in [0.15, 0.2) is 15.8 Å². The molecule has 0 amide bonds. The van der Waals surface area contributed by atoms with Crippen molar-refractivity contribution in [3.63, 3.8) is 0 Å². The number of nitrogens with zero attached hydrogens (tertiary/aromatic N) is 2. The largest absolute Gasteiger partial charge is 0.462 e. The molecule has 0 aromatic carbocycles. The number of carbonyl (C=O) groups excluding carboxylic acids is 1. The maximum atomic E-state index is 11.9. The fraction of sp³-hybridized carbons (Fsp3) is 0.714. The number of rotatable bonds is 6. The number of aromatic nitrogens is 3. The summed E-state index contributed by atoms with van der Waals surface area (Å²) < 4.78 is 11.1. The first-order valence-corrected chi connectivity index (χ1v) is 7.88. The average Bonchev–Trinajstić information content (AvgIpc) is 2.86. The second-order valence-electron chi connectivity index (χ2n) is 5.97. The lowest BCUT2D eigenvalue weighted by Gasteiger charge is -2.19. The normalized spacial score (nSPS) is 28.5. The molecule has 0 unspecified atom stereocenters. The van der Waals surface area contributed by atoms with Crippen LogP contribution in [0, 0.1) is 5.92 Å². The Morgan fingerprint density at radius 2 is 2.16 bits per heavy atom. The minimum Gasteiger partial charge on any atom is -0.462 e. The zero-order chi connectivity index (χ0) is 18.7. The number of hydrogen-bond donors (Lipinski definition) is 4. The van der Waals surface area contributed by atoms with Crippen LogP contribution in [0.5, 0.6) is 0 Å². The predicted molar refractivity (Wildman–Crippen MR) is 83.4 cm³/mol. The summed E-state index contributed by atoms with van der Waals surface area (Å²) in [6.07, 6.45) is -3.79. The molecule has 0 saturated carbocycles. The second kappa shape index (κ2) is 7.87. The number of carbonyl (C=O) groups is 1. The van der Waals surface area contributed by atoms with Gasteiger partial charge in [0, 0.05) is 0 Å². The monoisotopic (exact) mass is 358 g/mol. The maximum Gasteiger partial charge on any atom is 0.347 e. The Morgan fingerprint density at radius 1 is 1.48 bits per heavy atom. The summed E-state index contributed by atoms with van der Waals surface area (Å²) in [4.78, 5) is 36.6. The standard InChI is InChI=1S/C14H22N4O7/c1-3-6(2)9(15)13(22)24-5-7-10(20)11(21)12(25-7)18-14(23)17-8(19)4-16-18/h4,6-7,9-12,20-21H,3,5,15H2,1-2H3,(H,17,19,23)/t6-,7+,9-,10-,11-,12+/m0/s1. The first-order valence-electron chi connectivity index (χ1n) is 7.88. The molecule has 5 N–H and O–H groups in total. The first-order chi connectivity index (χ1) is 11.8. The van der Waals surface area contributed by atoms with E-state index in [4.69, 9.17) is 15.2 Å². The Kier molecular flexibility index (Phi) is 6.06. The SMILES string of the molecule is CC[C@H](C)[C@H](N)C(=O)OC[C@H]1O[C@@H](n2ncc(=O)[nH]c2=O)[C@@H](O)[C@H]1O. The lowest BCUT2D eigenvalue weighted by Crippen LogP contribution is -2.41. The molecule has 11 heteroatoms. The molecule has 2 rings (SSSR count). The third-order valence-corrected chi connectivity index (χ3v) is 4.23.